The van der Waals surface area contributed by atoms with Crippen molar-refractivity contribution >= 4 is 55.7 Å². The number of anilines is 2. The van der Waals surface area contributed by atoms with Crippen molar-refractivity contribution in [3.05, 3.63) is 53.9 Å². The van der Waals surface area contributed by atoms with Crippen molar-refractivity contribution in [2.45, 2.75) is 18.7 Å². The van der Waals surface area contributed by atoms with E-state index in [0.717, 1.165) is 27.0 Å². The number of nitrogens with zero attached hydrogens (tertiary/aromatic N) is 5. The average molecular weight is 492 g/mol. The van der Waals surface area contributed by atoms with Crippen molar-refractivity contribution in [1.82, 2.24) is 19.9 Å². The van der Waals surface area contributed by atoms with Gasteiger partial charge < -0.3 is 15.8 Å². The zero-order valence-corrected chi connectivity index (χ0v) is 20.3. The molecule has 3 N–H and O–H groups in total. The minimum Gasteiger partial charge on any atom is -0.488 e. The van der Waals surface area contributed by atoms with Crippen LogP contribution in [-0.4, -0.2) is 65.5 Å². The van der Waals surface area contributed by atoms with Gasteiger partial charge in [-0.2, -0.15) is 0 Å². The van der Waals surface area contributed by atoms with Crippen LogP contribution in [0.1, 0.15) is 12.0 Å². The Morgan fingerprint density at radius 1 is 1.23 bits per heavy atom. The predicted octanol–water partition coefficient (Wildman–Crippen LogP) is 4.40. The molecule has 1 aliphatic rings. The first-order valence-corrected chi connectivity index (χ1v) is 12.1. The molecule has 1 aliphatic heterocycles. The van der Waals surface area contributed by atoms with Crippen molar-refractivity contribution in [1.29, 1.82) is 0 Å². The first-order chi connectivity index (χ1) is 17.0. The Labute approximate surface area is 206 Å². The van der Waals surface area contributed by atoms with E-state index in [2.05, 4.69) is 25.3 Å². The number of aliphatic imine (C=N–C) groups is 1. The lowest BCUT2D eigenvalue weighted by Gasteiger charge is -2.32. The lowest BCUT2D eigenvalue weighted by Crippen LogP contribution is -2.44. The van der Waals surface area contributed by atoms with Gasteiger partial charge in [0, 0.05) is 50.2 Å². The van der Waals surface area contributed by atoms with Gasteiger partial charge in [0.05, 0.1) is 26.6 Å². The van der Waals surface area contributed by atoms with Gasteiger partial charge in [0.25, 0.3) is 0 Å². The predicted molar refractivity (Wildman–Crippen MR) is 140 cm³/mol. The van der Waals surface area contributed by atoms with Crippen LogP contribution in [0.15, 0.2) is 53.4 Å². The molecule has 1 saturated heterocycles. The summed E-state index contributed by atoms with van der Waals surface area (Å²) in [5.41, 5.74) is 11.7. The van der Waals surface area contributed by atoms with Crippen molar-refractivity contribution in [3.63, 3.8) is 0 Å². The molecular weight excluding hydrogens is 465 g/mol. The molecule has 0 aliphatic carbocycles. The van der Waals surface area contributed by atoms with Crippen LogP contribution < -0.4 is 15.8 Å². The van der Waals surface area contributed by atoms with E-state index >= 15 is 0 Å². The summed E-state index contributed by atoms with van der Waals surface area (Å²) in [7, 11) is 3.58. The molecule has 4 aromatic rings. The number of fused-ring (bicyclic) bond motifs is 2. The van der Waals surface area contributed by atoms with Gasteiger partial charge >= 0.3 is 0 Å². The summed E-state index contributed by atoms with van der Waals surface area (Å²) in [4.78, 5) is 19.4. The summed E-state index contributed by atoms with van der Waals surface area (Å²) in [5.74, 6) is 1.17. The Bertz CT molecular complexity index is 1410. The summed E-state index contributed by atoms with van der Waals surface area (Å²) in [6.45, 7) is 1.03. The quantitative estimate of drug-likeness (QED) is 0.385. The van der Waals surface area contributed by atoms with Gasteiger partial charge in [-0.15, -0.1) is 11.3 Å². The number of alkyl halides is 1. The van der Waals surface area contributed by atoms with E-state index in [1.54, 1.807) is 24.6 Å². The molecule has 2 atom stereocenters. The second-order valence-electron chi connectivity index (χ2n) is 8.55. The maximum Gasteiger partial charge on any atom is 0.145 e. The van der Waals surface area contributed by atoms with Crippen LogP contribution in [0.4, 0.5) is 15.9 Å². The van der Waals surface area contributed by atoms with Gasteiger partial charge in [0.1, 0.15) is 30.2 Å². The molecule has 1 fully saturated rings. The highest BCUT2D eigenvalue weighted by Crippen LogP contribution is 2.36. The fourth-order valence-electron chi connectivity index (χ4n) is 4.39. The fourth-order valence-corrected chi connectivity index (χ4v) is 5.11. The molecular formula is C25H26FN7OS. The van der Waals surface area contributed by atoms with E-state index in [4.69, 9.17) is 10.5 Å². The lowest BCUT2D eigenvalue weighted by molar-refractivity contribution is 0.0544. The van der Waals surface area contributed by atoms with Crippen molar-refractivity contribution in [3.8, 4) is 5.75 Å². The zero-order chi connectivity index (χ0) is 24.4. The van der Waals surface area contributed by atoms with E-state index < -0.39 is 6.17 Å². The molecule has 8 nitrogen and oxygen atoms in total. The Morgan fingerprint density at radius 2 is 2.11 bits per heavy atom. The number of allylic oxidation sites excluding steroid dienone is 1. The SMILES string of the molecule is CN=C/C(=C\N)c1cc(O[C@H]2C[C@@H](F)CN(C)C2)c2c(Nc3ccc4ncsc4c3)ncnc2c1. The second-order valence-corrected chi connectivity index (χ2v) is 9.44. The standard InChI is InChI=1S/C25H26FN7OS/c1-28-10-16(9-27)15-5-21-24(22(6-15)34-19-7-17(26)11-33(2)12-19)25(30-13-29-21)32-18-3-4-20-23(8-18)35-14-31-20/h3-6,8-10,13-14,17,19H,7,11-12,27H2,1-2H3,(H,29,30,32)/b16-9+,28-10?/t17-,19+/m1/s1. The highest BCUT2D eigenvalue weighted by molar-refractivity contribution is 7.16. The van der Waals surface area contributed by atoms with Crippen LogP contribution in [0.2, 0.25) is 0 Å². The van der Waals surface area contributed by atoms with E-state index in [1.807, 2.05) is 47.8 Å². The van der Waals surface area contributed by atoms with Gasteiger partial charge in [-0.25, -0.2) is 19.3 Å². The zero-order valence-electron chi connectivity index (χ0n) is 19.5. The minimum absolute atomic E-state index is 0.311. The number of likely N-dealkylation sites (tertiary alicyclic amines) is 1. The molecule has 2 aromatic carbocycles. The summed E-state index contributed by atoms with van der Waals surface area (Å²) in [6.07, 6.45) is 3.75. The third kappa shape index (κ3) is 4.94. The van der Waals surface area contributed by atoms with E-state index in [0.29, 0.717) is 42.0 Å². The van der Waals surface area contributed by atoms with Crippen molar-refractivity contribution < 1.29 is 9.13 Å². The molecule has 10 heteroatoms. The van der Waals surface area contributed by atoms with E-state index in [1.165, 1.54) is 12.5 Å². The van der Waals surface area contributed by atoms with Crippen LogP contribution >= 0.6 is 11.3 Å². The second kappa shape index (κ2) is 9.93. The highest BCUT2D eigenvalue weighted by atomic mass is 32.1. The lowest BCUT2D eigenvalue weighted by atomic mass is 10.0. The largest absolute Gasteiger partial charge is 0.488 e. The molecule has 0 spiro atoms. The normalized spacial score (nSPS) is 19.6. The number of hydrogen-bond donors (Lipinski definition) is 2. The molecule has 0 unspecified atom stereocenters. The third-order valence-electron chi connectivity index (χ3n) is 5.91. The van der Waals surface area contributed by atoms with Crippen LogP contribution in [0.25, 0.3) is 26.7 Å². The number of aromatic nitrogens is 3. The average Bonchev–Trinajstić information content (AvgIpc) is 3.30. The number of hydrogen-bond acceptors (Lipinski definition) is 9. The number of ether oxygens (including phenoxy) is 1. The molecule has 5 rings (SSSR count). The summed E-state index contributed by atoms with van der Waals surface area (Å²) >= 11 is 1.58. The topological polar surface area (TPSA) is 102 Å². The van der Waals surface area contributed by atoms with Crippen LogP contribution in [0.3, 0.4) is 0 Å². The first-order valence-electron chi connectivity index (χ1n) is 11.3. The Balaban J connectivity index is 1.60. The van der Waals surface area contributed by atoms with Crippen LogP contribution in [-0.2, 0) is 0 Å². The molecule has 0 amide bonds. The van der Waals surface area contributed by atoms with Gasteiger partial charge in [-0.05, 0) is 42.9 Å². The maximum atomic E-state index is 14.3. The number of likely N-dealkylation sites (N-methyl/N-ethyl adjacent to an activating group) is 1. The van der Waals surface area contributed by atoms with Gasteiger partial charge in [0.2, 0.25) is 0 Å². The monoisotopic (exact) mass is 491 g/mol. The first kappa shape index (κ1) is 23.1. The van der Waals surface area contributed by atoms with Crippen LogP contribution in [0.5, 0.6) is 5.75 Å². The van der Waals surface area contributed by atoms with Gasteiger partial charge in [-0.1, -0.05) is 0 Å². The van der Waals surface area contributed by atoms with Crippen molar-refractivity contribution in [2.75, 3.05) is 32.5 Å². The Morgan fingerprint density at radius 3 is 2.91 bits per heavy atom. The summed E-state index contributed by atoms with van der Waals surface area (Å²) in [5, 5.41) is 4.13. The number of nitrogens with two attached hydrogens (primary N) is 1. The van der Waals surface area contributed by atoms with Gasteiger partial charge in [0.15, 0.2) is 0 Å². The Hall–Kier alpha value is -3.63. The fraction of sp³-hybridized carbons (Fsp3) is 0.280. The molecule has 3 heterocycles. The highest BCUT2D eigenvalue weighted by Gasteiger charge is 2.27. The number of halogens is 1. The number of nitrogens with one attached hydrogen (secondary N) is 1. The number of piperidine rings is 1. The summed E-state index contributed by atoms with van der Waals surface area (Å²) < 4.78 is 21.8. The smallest absolute Gasteiger partial charge is 0.145 e. The number of thiazole rings is 1. The maximum absolute atomic E-state index is 14.3. The number of benzene rings is 2. The van der Waals surface area contributed by atoms with Gasteiger partial charge in [-0.3, -0.25) is 9.89 Å². The third-order valence-corrected chi connectivity index (χ3v) is 6.71. The molecule has 2 aromatic heterocycles. The minimum atomic E-state index is -0.945. The molecule has 180 valence electrons. The molecule has 0 radical (unpaired) electrons. The van der Waals surface area contributed by atoms with E-state index in [9.17, 15) is 4.39 Å². The Kier molecular flexibility index (Phi) is 6.56. The number of rotatable bonds is 6. The van der Waals surface area contributed by atoms with Crippen LogP contribution in [0, 0.1) is 0 Å². The molecule has 0 bridgehead atoms. The molecule has 35 heavy (non-hydrogen) atoms. The van der Waals surface area contributed by atoms with E-state index in [-0.39, 0.29) is 6.10 Å². The summed E-state index contributed by atoms with van der Waals surface area (Å²) in [6, 6.07) is 9.78. The molecule has 0 saturated carbocycles. The van der Waals surface area contributed by atoms with Crippen molar-refractivity contribution in [2.24, 2.45) is 10.7 Å².